The number of benzene rings is 1. The van der Waals surface area contributed by atoms with Crippen LogP contribution in [0.1, 0.15) is 33.7 Å². The maximum atomic E-state index is 13.3. The zero-order valence-electron chi connectivity index (χ0n) is 15.7. The Hall–Kier alpha value is -0.890. The van der Waals surface area contributed by atoms with E-state index in [1.807, 2.05) is 13.8 Å². The van der Waals surface area contributed by atoms with Gasteiger partial charge in [0.2, 0.25) is 0 Å². The maximum absolute atomic E-state index is 13.3. The predicted molar refractivity (Wildman–Crippen MR) is 88.0 cm³/mol. The Labute approximate surface area is 178 Å². The fourth-order valence-corrected chi connectivity index (χ4v) is 2.63. The Balaban J connectivity index is 0.00000338. The molecule has 0 saturated carbocycles. The molecule has 1 aliphatic rings. The standard InChI is InChI=1S/C17H18ClF3O4.Na.H/c1-3-10(4-2)9-24-12-6-5-11-7-13(15(22)23)16(18,17(19,20)21)25-14(11)8-12;;/h5-8,10H,3-4,9H2,1-2H3,(H,22,23);;/q;+1;-1. The van der Waals surface area contributed by atoms with Crippen LogP contribution in [0.4, 0.5) is 13.2 Å². The molecule has 0 fully saturated rings. The number of carboxylic acids is 1. The van der Waals surface area contributed by atoms with Crippen LogP contribution < -0.4 is 39.0 Å². The van der Waals surface area contributed by atoms with Crippen molar-refractivity contribution in [3.8, 4) is 11.5 Å². The van der Waals surface area contributed by atoms with Crippen molar-refractivity contribution in [1.82, 2.24) is 0 Å². The average Bonchev–Trinajstić information content (AvgIpc) is 2.53. The molecule has 0 radical (unpaired) electrons. The van der Waals surface area contributed by atoms with Crippen molar-refractivity contribution in [3.05, 3.63) is 29.3 Å². The van der Waals surface area contributed by atoms with E-state index in [2.05, 4.69) is 0 Å². The molecule has 0 amide bonds. The van der Waals surface area contributed by atoms with Gasteiger partial charge >= 0.3 is 46.8 Å². The Morgan fingerprint density at radius 1 is 1.38 bits per heavy atom. The van der Waals surface area contributed by atoms with Gasteiger partial charge < -0.3 is 16.0 Å². The number of aliphatic carboxylic acids is 1. The zero-order chi connectivity index (χ0) is 18.8. The number of ether oxygens (including phenoxy) is 2. The Morgan fingerprint density at radius 2 is 2.00 bits per heavy atom. The molecule has 0 aliphatic carbocycles. The van der Waals surface area contributed by atoms with Crippen LogP contribution in [0.25, 0.3) is 6.08 Å². The number of hydrogen-bond acceptors (Lipinski definition) is 3. The van der Waals surface area contributed by atoms with Gasteiger partial charge in [0.05, 0.1) is 6.61 Å². The average molecular weight is 403 g/mol. The van der Waals surface area contributed by atoms with Gasteiger partial charge in [0, 0.05) is 11.6 Å². The van der Waals surface area contributed by atoms with Crippen LogP contribution in [0.3, 0.4) is 0 Å². The Kier molecular flexibility index (Phi) is 7.89. The molecule has 26 heavy (non-hydrogen) atoms. The van der Waals surface area contributed by atoms with Crippen molar-refractivity contribution < 1.29 is 63.5 Å². The summed E-state index contributed by atoms with van der Waals surface area (Å²) in [5, 5.41) is 5.61. The van der Waals surface area contributed by atoms with Crippen LogP contribution in [-0.4, -0.2) is 28.9 Å². The minimum atomic E-state index is -5.11. The van der Waals surface area contributed by atoms with Crippen LogP contribution in [0.5, 0.6) is 11.5 Å². The van der Waals surface area contributed by atoms with Crippen molar-refractivity contribution in [2.75, 3.05) is 6.61 Å². The first kappa shape index (κ1) is 23.1. The van der Waals surface area contributed by atoms with Gasteiger partial charge in [0.15, 0.2) is 0 Å². The van der Waals surface area contributed by atoms with Gasteiger partial charge in [0.1, 0.15) is 17.1 Å². The monoisotopic (exact) mass is 402 g/mol. The first-order chi connectivity index (χ1) is 11.6. The molecule has 0 spiro atoms. The van der Waals surface area contributed by atoms with Crippen LogP contribution in [0.2, 0.25) is 0 Å². The van der Waals surface area contributed by atoms with Gasteiger partial charge in [-0.1, -0.05) is 38.3 Å². The number of alkyl halides is 4. The topological polar surface area (TPSA) is 55.8 Å². The molecule has 1 aromatic rings. The Bertz CT molecular complexity index is 695. The van der Waals surface area contributed by atoms with Crippen molar-refractivity contribution in [3.63, 3.8) is 0 Å². The van der Waals surface area contributed by atoms with E-state index in [0.717, 1.165) is 18.9 Å². The largest absolute Gasteiger partial charge is 1.00 e. The molecule has 0 aromatic heterocycles. The van der Waals surface area contributed by atoms with Crippen LogP contribution in [0.15, 0.2) is 23.8 Å². The second-order valence-corrected chi connectivity index (χ2v) is 6.28. The molecule has 1 heterocycles. The van der Waals surface area contributed by atoms with Crippen LogP contribution >= 0.6 is 11.6 Å². The second kappa shape index (κ2) is 8.87. The Morgan fingerprint density at radius 3 is 2.50 bits per heavy atom. The molecule has 1 aliphatic heterocycles. The number of carboxylic acid groups (broad SMARTS) is 1. The minimum absolute atomic E-state index is 0. The summed E-state index contributed by atoms with van der Waals surface area (Å²) in [6.45, 7) is 4.47. The molecule has 9 heteroatoms. The van der Waals surface area contributed by atoms with Gasteiger partial charge in [-0.2, -0.15) is 13.2 Å². The summed E-state index contributed by atoms with van der Waals surface area (Å²) in [6.07, 6.45) is -2.40. The second-order valence-electron chi connectivity index (χ2n) is 5.75. The molecular weight excluding hydrogens is 384 g/mol. The molecular formula is C17H19ClF3NaO4. The summed E-state index contributed by atoms with van der Waals surface area (Å²) >= 11 is 5.53. The van der Waals surface area contributed by atoms with E-state index >= 15 is 0 Å². The van der Waals surface area contributed by atoms with E-state index in [4.69, 9.17) is 26.2 Å². The normalized spacial score (nSPS) is 19.1. The van der Waals surface area contributed by atoms with Crippen LogP contribution in [0, 0.1) is 5.92 Å². The predicted octanol–water partition coefficient (Wildman–Crippen LogP) is 1.98. The summed E-state index contributed by atoms with van der Waals surface area (Å²) in [6, 6.07) is 4.28. The van der Waals surface area contributed by atoms with E-state index in [9.17, 15) is 18.0 Å². The molecule has 1 aromatic carbocycles. The first-order valence-electron chi connectivity index (χ1n) is 7.79. The van der Waals surface area contributed by atoms with E-state index in [0.29, 0.717) is 18.3 Å². The summed E-state index contributed by atoms with van der Waals surface area (Å²) in [4.78, 5) is 11.2. The third kappa shape index (κ3) is 4.68. The smallest absolute Gasteiger partial charge is 1.00 e. The SMILES string of the molecule is CCC(CC)COc1ccc2c(c1)OC(Cl)(C(F)(F)F)C(C(=O)O)=C2.[H-].[Na+]. The number of fused-ring (bicyclic) bond motifs is 1. The minimum Gasteiger partial charge on any atom is -1.00 e. The molecule has 1 atom stereocenters. The molecule has 1 unspecified atom stereocenters. The summed E-state index contributed by atoms with van der Waals surface area (Å²) < 4.78 is 50.3. The van der Waals surface area contributed by atoms with Crippen molar-refractivity contribution in [1.29, 1.82) is 0 Å². The van der Waals surface area contributed by atoms with Gasteiger partial charge in [-0.15, -0.1) is 0 Å². The molecule has 2 rings (SSSR count). The number of carbonyl (C=O) groups is 1. The molecule has 0 bridgehead atoms. The number of hydrogen-bond donors (Lipinski definition) is 1. The van der Waals surface area contributed by atoms with Gasteiger partial charge in [-0.3, -0.25) is 0 Å². The van der Waals surface area contributed by atoms with Gasteiger partial charge in [-0.05, 0) is 24.1 Å². The van der Waals surface area contributed by atoms with Gasteiger partial charge in [0.25, 0.3) is 0 Å². The summed E-state index contributed by atoms with van der Waals surface area (Å²) in [7, 11) is 0. The maximum Gasteiger partial charge on any atom is 1.00 e. The van der Waals surface area contributed by atoms with E-state index < -0.39 is 22.8 Å². The fourth-order valence-electron chi connectivity index (χ4n) is 2.42. The third-order valence-corrected chi connectivity index (χ3v) is 4.61. The van der Waals surface area contributed by atoms with E-state index in [1.165, 1.54) is 12.1 Å². The number of rotatable bonds is 6. The zero-order valence-corrected chi connectivity index (χ0v) is 17.4. The van der Waals surface area contributed by atoms with E-state index in [1.54, 1.807) is 6.07 Å². The molecule has 140 valence electrons. The summed E-state index contributed by atoms with van der Waals surface area (Å²) in [5.74, 6) is -1.32. The van der Waals surface area contributed by atoms with Gasteiger partial charge in [-0.25, -0.2) is 4.79 Å². The fraction of sp³-hybridized carbons (Fsp3) is 0.471. The van der Waals surface area contributed by atoms with Crippen molar-refractivity contribution >= 4 is 23.6 Å². The van der Waals surface area contributed by atoms with E-state index in [-0.39, 0.29) is 42.3 Å². The van der Waals surface area contributed by atoms with Crippen molar-refractivity contribution in [2.45, 2.75) is 37.9 Å². The van der Waals surface area contributed by atoms with Crippen LogP contribution in [-0.2, 0) is 4.79 Å². The molecule has 0 saturated heterocycles. The molecule has 4 nitrogen and oxygen atoms in total. The number of halogens is 4. The summed E-state index contributed by atoms with van der Waals surface area (Å²) in [5.41, 5.74) is -0.896. The van der Waals surface area contributed by atoms with Crippen molar-refractivity contribution in [2.24, 2.45) is 5.92 Å². The molecule has 1 N–H and O–H groups in total. The first-order valence-corrected chi connectivity index (χ1v) is 8.17. The quantitative estimate of drug-likeness (QED) is 0.584. The third-order valence-electron chi connectivity index (χ3n) is 4.12.